The van der Waals surface area contributed by atoms with Crippen molar-refractivity contribution >= 4 is 19.7 Å². The summed E-state index contributed by atoms with van der Waals surface area (Å²) >= 11 is 0. The number of hydrogen-bond donors (Lipinski definition) is 1. The van der Waals surface area contributed by atoms with Crippen LogP contribution in [-0.2, 0) is 27.9 Å². The molecule has 0 saturated heterocycles. The van der Waals surface area contributed by atoms with Gasteiger partial charge in [0.05, 0.1) is 33.8 Å². The van der Waals surface area contributed by atoms with Gasteiger partial charge in [0.15, 0.2) is 0 Å². The molecule has 3 unspecified atom stereocenters. The Labute approximate surface area is 507 Å². The Balaban J connectivity index is 5.17. The smallest absolute Gasteiger partial charge is 0.306 e. The molecule has 474 valence electrons. The van der Waals surface area contributed by atoms with E-state index in [0.29, 0.717) is 23.9 Å². The molecule has 10 heteroatoms. The second kappa shape index (κ2) is 61.0. The van der Waals surface area contributed by atoms with Crippen molar-refractivity contribution in [3.8, 4) is 0 Å². The van der Waals surface area contributed by atoms with Crippen LogP contribution in [-0.4, -0.2) is 69.4 Å². The summed E-state index contributed by atoms with van der Waals surface area (Å²) in [6.07, 6.45) is 82.3. The van der Waals surface area contributed by atoms with Crippen molar-refractivity contribution in [1.82, 2.24) is 5.32 Å². The molecule has 0 fully saturated rings. The van der Waals surface area contributed by atoms with Crippen molar-refractivity contribution in [2.24, 2.45) is 0 Å². The van der Waals surface area contributed by atoms with Crippen molar-refractivity contribution in [2.45, 2.75) is 309 Å². The number of unbranched alkanes of at least 4 members (excludes halogenated alkanes) is 31. The number of rotatable bonds is 61. The Morgan fingerprint density at radius 3 is 1.18 bits per heavy atom. The van der Waals surface area contributed by atoms with Crippen molar-refractivity contribution < 1.29 is 37.3 Å². The molecule has 0 aromatic carbocycles. The molecule has 0 rings (SSSR count). The van der Waals surface area contributed by atoms with Crippen LogP contribution in [0.2, 0.25) is 0 Å². The topological polar surface area (TPSA) is 114 Å². The Bertz CT molecular complexity index is 1720. The Morgan fingerprint density at radius 2 is 0.780 bits per heavy atom. The van der Waals surface area contributed by atoms with E-state index in [9.17, 15) is 19.0 Å². The van der Waals surface area contributed by atoms with E-state index >= 15 is 0 Å². The monoisotopic (exact) mass is 1160 g/mol. The van der Waals surface area contributed by atoms with E-state index in [1.807, 2.05) is 33.3 Å². The van der Waals surface area contributed by atoms with Gasteiger partial charge in [0.25, 0.3) is 7.82 Å². The van der Waals surface area contributed by atoms with Gasteiger partial charge in [-0.15, -0.1) is 0 Å². The maximum atomic E-state index is 13.6. The first kappa shape index (κ1) is 78.9. The quantitative estimate of drug-likeness (QED) is 0.0212. The summed E-state index contributed by atoms with van der Waals surface area (Å²) < 4.78 is 30.4. The second-order valence-corrected chi connectivity index (χ2v) is 25.4. The molecule has 0 aliphatic heterocycles. The van der Waals surface area contributed by atoms with Crippen molar-refractivity contribution in [3.05, 3.63) is 97.2 Å². The Kier molecular flexibility index (Phi) is 58.7. The maximum absolute atomic E-state index is 13.6. The zero-order valence-corrected chi connectivity index (χ0v) is 55.1. The second-order valence-electron chi connectivity index (χ2n) is 23.9. The van der Waals surface area contributed by atoms with Crippen molar-refractivity contribution in [3.63, 3.8) is 0 Å². The molecule has 0 aromatic heterocycles. The summed E-state index contributed by atoms with van der Waals surface area (Å²) in [4.78, 5) is 40.1. The molecule has 0 radical (unpaired) electrons. The van der Waals surface area contributed by atoms with Crippen LogP contribution >= 0.6 is 7.82 Å². The summed E-state index contributed by atoms with van der Waals surface area (Å²) in [5, 5.41) is 3.03. The number of phosphoric acid groups is 1. The molecular weight excluding hydrogens is 1040 g/mol. The third kappa shape index (κ3) is 61.5. The average molecular weight is 1170 g/mol. The van der Waals surface area contributed by atoms with Gasteiger partial charge in [-0.25, -0.2) is 0 Å². The lowest BCUT2D eigenvalue weighted by Crippen LogP contribution is -2.47. The van der Waals surface area contributed by atoms with Gasteiger partial charge in [-0.3, -0.25) is 14.2 Å². The van der Waals surface area contributed by atoms with E-state index in [1.165, 1.54) is 135 Å². The van der Waals surface area contributed by atoms with Gasteiger partial charge >= 0.3 is 5.97 Å². The summed E-state index contributed by atoms with van der Waals surface area (Å²) in [6.45, 7) is 6.73. The minimum absolute atomic E-state index is 0.0288. The summed E-state index contributed by atoms with van der Waals surface area (Å²) in [6, 6.07) is -0.901. The molecule has 0 aromatic rings. The predicted molar refractivity (Wildman–Crippen MR) is 353 cm³/mol. The average Bonchev–Trinajstić information content (AvgIpc) is 3.44. The number of allylic oxidation sites excluding steroid dienone is 15. The van der Waals surface area contributed by atoms with Crippen LogP contribution < -0.4 is 10.2 Å². The zero-order chi connectivity index (χ0) is 60.0. The van der Waals surface area contributed by atoms with E-state index in [4.69, 9.17) is 13.8 Å². The minimum atomic E-state index is -4.71. The van der Waals surface area contributed by atoms with Crippen LogP contribution in [0.15, 0.2) is 97.2 Å². The Morgan fingerprint density at radius 1 is 0.439 bits per heavy atom. The van der Waals surface area contributed by atoms with Crippen molar-refractivity contribution in [1.29, 1.82) is 0 Å². The highest BCUT2D eigenvalue weighted by atomic mass is 31.2. The lowest BCUT2D eigenvalue weighted by atomic mass is 10.0. The van der Waals surface area contributed by atoms with Gasteiger partial charge in [0, 0.05) is 12.8 Å². The van der Waals surface area contributed by atoms with Crippen LogP contribution in [0.1, 0.15) is 297 Å². The van der Waals surface area contributed by atoms with E-state index in [-0.39, 0.29) is 24.9 Å². The number of nitrogens with one attached hydrogen (secondary N) is 1. The number of hydrogen-bond acceptors (Lipinski definition) is 7. The van der Waals surface area contributed by atoms with Gasteiger partial charge < -0.3 is 28.5 Å². The molecule has 1 N–H and O–H groups in total. The molecule has 0 heterocycles. The Hall–Kier alpha value is -3.07. The molecule has 82 heavy (non-hydrogen) atoms. The number of ether oxygens (including phenoxy) is 1. The van der Waals surface area contributed by atoms with Crippen LogP contribution in [0.5, 0.6) is 0 Å². The van der Waals surface area contributed by atoms with Crippen LogP contribution in [0.25, 0.3) is 0 Å². The van der Waals surface area contributed by atoms with Crippen LogP contribution in [0.3, 0.4) is 0 Å². The van der Waals surface area contributed by atoms with E-state index in [0.717, 1.165) is 122 Å². The summed E-state index contributed by atoms with van der Waals surface area (Å²) in [5.74, 6) is -0.558. The highest BCUT2D eigenvalue weighted by Gasteiger charge is 2.27. The number of phosphoric ester groups is 1. The van der Waals surface area contributed by atoms with Gasteiger partial charge in [0.1, 0.15) is 19.3 Å². The number of carbonyl (C=O) groups is 2. The number of esters is 1. The van der Waals surface area contributed by atoms with Gasteiger partial charge in [-0.1, -0.05) is 272 Å². The number of likely N-dealkylation sites (N-methyl/N-ethyl adjacent to an activating group) is 1. The van der Waals surface area contributed by atoms with Crippen LogP contribution in [0, 0.1) is 0 Å². The molecule has 0 saturated carbocycles. The fraction of sp³-hybridized carbons (Fsp3) is 0.750. The highest BCUT2D eigenvalue weighted by Crippen LogP contribution is 2.38. The third-order valence-electron chi connectivity index (χ3n) is 14.7. The van der Waals surface area contributed by atoms with E-state index < -0.39 is 26.6 Å². The molecule has 3 atom stereocenters. The summed E-state index contributed by atoms with van der Waals surface area (Å²) in [7, 11) is 1.17. The number of nitrogens with zero attached hydrogens (tertiary/aromatic N) is 1. The lowest BCUT2D eigenvalue weighted by molar-refractivity contribution is -0.870. The zero-order valence-electron chi connectivity index (χ0n) is 54.2. The SMILES string of the molecule is CC/C=C\C/C=C\C/C=C\C/C=C\C/C=C\C/C=C\CCCCCCCCC(=O)OC(/C=C\CCCCCCCCCCCC)C(COP(=O)([O-])OCC[N+](C)(C)C)NC(=O)CCCCCCCCCCC/C=C/CCCCCCCC. The molecule has 0 aliphatic rings. The first-order chi connectivity index (χ1) is 39.9. The molecule has 0 spiro atoms. The third-order valence-corrected chi connectivity index (χ3v) is 15.7. The number of amides is 1. The fourth-order valence-electron chi connectivity index (χ4n) is 9.52. The molecule has 0 aliphatic carbocycles. The van der Waals surface area contributed by atoms with E-state index in [2.05, 4.69) is 111 Å². The highest BCUT2D eigenvalue weighted by molar-refractivity contribution is 7.45. The number of quaternary nitrogens is 1. The lowest BCUT2D eigenvalue weighted by Gasteiger charge is -2.30. The standard InChI is InChI=1S/C72H129N2O7P/c1-7-10-13-16-19-22-25-28-30-32-34-35-36-37-38-39-41-43-45-47-50-53-56-59-62-65-72(76)81-70(63-60-57-54-51-48-27-24-21-18-15-12-9-3)69(68-80-82(77,78)79-67-66-74(4,5)6)73-71(75)64-61-58-55-52-49-46-44-42-40-33-31-29-26-23-20-17-14-11-8-2/h10,13,19,22,28-31,34-35,37-38,41,43,60,63,69-70H,7-9,11-12,14-18,20-21,23-27,32-33,36,39-40,42,44-59,61-62,64-68H2,1-6H3,(H-,73,75,77,78)/b13-10-,22-19-,30-28-,31-29+,35-34-,38-37-,43-41-,63-60-. The maximum Gasteiger partial charge on any atom is 0.306 e. The number of carbonyl (C=O) groups excluding carboxylic acids is 2. The van der Waals surface area contributed by atoms with Gasteiger partial charge in [-0.05, 0) is 109 Å². The first-order valence-corrected chi connectivity index (χ1v) is 35.5. The molecule has 9 nitrogen and oxygen atoms in total. The van der Waals surface area contributed by atoms with Crippen molar-refractivity contribution in [2.75, 3.05) is 40.9 Å². The van der Waals surface area contributed by atoms with Crippen LogP contribution in [0.4, 0.5) is 0 Å². The molecule has 1 amide bonds. The first-order valence-electron chi connectivity index (χ1n) is 34.0. The normalized spacial score (nSPS) is 14.2. The molecular formula is C72H129N2O7P. The van der Waals surface area contributed by atoms with Gasteiger partial charge in [-0.2, -0.15) is 0 Å². The van der Waals surface area contributed by atoms with Gasteiger partial charge in [0.2, 0.25) is 5.91 Å². The molecule has 0 bridgehead atoms. The van der Waals surface area contributed by atoms with E-state index in [1.54, 1.807) is 0 Å². The predicted octanol–water partition coefficient (Wildman–Crippen LogP) is 20.9. The largest absolute Gasteiger partial charge is 0.756 e. The fourth-order valence-corrected chi connectivity index (χ4v) is 10.2. The summed E-state index contributed by atoms with van der Waals surface area (Å²) in [5.41, 5.74) is 0. The minimum Gasteiger partial charge on any atom is -0.756 e.